The zero-order valence-corrected chi connectivity index (χ0v) is 15.7. The molecule has 5 rings (SSSR count). The summed E-state index contributed by atoms with van der Waals surface area (Å²) in [5.41, 5.74) is 3.10. The average Bonchev–Trinajstić information content (AvgIpc) is 3.39. The first-order valence-corrected chi connectivity index (χ1v) is 8.85. The second-order valence-electron chi connectivity index (χ2n) is 6.75. The minimum absolute atomic E-state index is 0. The number of halogens is 2. The molecule has 2 aliphatic heterocycles. The molecule has 2 aliphatic rings. The maximum atomic E-state index is 13.4. The van der Waals surface area contributed by atoms with E-state index in [-0.39, 0.29) is 18.4 Å². The third-order valence-electron chi connectivity index (χ3n) is 4.97. The van der Waals surface area contributed by atoms with Gasteiger partial charge >= 0.3 is 6.03 Å². The van der Waals surface area contributed by atoms with Crippen molar-refractivity contribution in [3.63, 3.8) is 0 Å². The monoisotopic (exact) mass is 400 g/mol. The van der Waals surface area contributed by atoms with Crippen molar-refractivity contribution in [2.75, 3.05) is 22.9 Å². The van der Waals surface area contributed by atoms with E-state index < -0.39 is 6.17 Å². The van der Waals surface area contributed by atoms with Crippen molar-refractivity contribution in [2.24, 2.45) is 0 Å². The molecule has 0 aromatic carbocycles. The zero-order valence-electron chi connectivity index (χ0n) is 14.9. The molecule has 0 spiro atoms. The number of carbonyl (C=O) groups is 1. The molecule has 7 nitrogen and oxygen atoms in total. The highest BCUT2D eigenvalue weighted by Gasteiger charge is 2.30. The highest BCUT2D eigenvalue weighted by Crippen LogP contribution is 2.28. The molecule has 5 heterocycles. The molecule has 144 valence electrons. The zero-order chi connectivity index (χ0) is 18.4. The SMILES string of the molecule is Cl.O=C1N(c2cccnc2)Cc2cc(-c3ccc(N4CCC(F)C4)nc3)nn21. The maximum Gasteiger partial charge on any atom is 0.349 e. The Labute approximate surface area is 167 Å². The van der Waals surface area contributed by atoms with Gasteiger partial charge in [-0.05, 0) is 36.8 Å². The average molecular weight is 401 g/mol. The number of hydrogen-bond donors (Lipinski definition) is 0. The van der Waals surface area contributed by atoms with Crippen molar-refractivity contribution in [3.05, 3.63) is 54.6 Å². The first kappa shape index (κ1) is 18.4. The Hall–Kier alpha value is -3.00. The number of alkyl halides is 1. The first-order chi connectivity index (χ1) is 13.2. The van der Waals surface area contributed by atoms with Crippen molar-refractivity contribution < 1.29 is 9.18 Å². The lowest BCUT2D eigenvalue weighted by atomic mass is 10.2. The molecule has 1 saturated heterocycles. The van der Waals surface area contributed by atoms with E-state index in [1.54, 1.807) is 29.6 Å². The molecule has 1 atom stereocenters. The molecular weight excluding hydrogens is 383 g/mol. The Morgan fingerprint density at radius 1 is 1.18 bits per heavy atom. The fourth-order valence-electron chi connectivity index (χ4n) is 3.55. The number of aromatic nitrogens is 4. The van der Waals surface area contributed by atoms with Crippen molar-refractivity contribution in [3.8, 4) is 11.3 Å². The van der Waals surface area contributed by atoms with Crippen molar-refractivity contribution in [1.82, 2.24) is 19.7 Å². The normalized spacial score (nSPS) is 18.3. The van der Waals surface area contributed by atoms with Gasteiger partial charge in [-0.1, -0.05) is 0 Å². The van der Waals surface area contributed by atoms with Crippen LogP contribution in [0, 0.1) is 0 Å². The molecule has 1 fully saturated rings. The summed E-state index contributed by atoms with van der Waals surface area (Å²) in [4.78, 5) is 24.7. The fourth-order valence-corrected chi connectivity index (χ4v) is 3.55. The van der Waals surface area contributed by atoms with Gasteiger partial charge in [0.25, 0.3) is 0 Å². The molecule has 0 bridgehead atoms. The number of carbonyl (C=O) groups excluding carboxylic acids is 1. The van der Waals surface area contributed by atoms with Gasteiger partial charge in [-0.2, -0.15) is 9.78 Å². The van der Waals surface area contributed by atoms with Gasteiger partial charge in [0.2, 0.25) is 0 Å². The van der Waals surface area contributed by atoms with Gasteiger partial charge < -0.3 is 4.90 Å². The van der Waals surface area contributed by atoms with Gasteiger partial charge in [0.1, 0.15) is 12.0 Å². The summed E-state index contributed by atoms with van der Waals surface area (Å²) in [5.74, 6) is 0.768. The molecule has 3 aromatic rings. The molecule has 1 amide bonds. The van der Waals surface area contributed by atoms with E-state index in [2.05, 4.69) is 15.1 Å². The Kier molecular flexibility index (Phi) is 4.72. The minimum Gasteiger partial charge on any atom is -0.354 e. The Morgan fingerprint density at radius 3 is 2.71 bits per heavy atom. The van der Waals surface area contributed by atoms with E-state index >= 15 is 0 Å². The molecule has 0 saturated carbocycles. The van der Waals surface area contributed by atoms with Gasteiger partial charge in [0, 0.05) is 24.5 Å². The van der Waals surface area contributed by atoms with Crippen LogP contribution in [0.2, 0.25) is 0 Å². The second-order valence-corrected chi connectivity index (χ2v) is 6.75. The molecule has 0 radical (unpaired) electrons. The van der Waals surface area contributed by atoms with Crippen LogP contribution in [0.3, 0.4) is 0 Å². The number of nitrogens with zero attached hydrogens (tertiary/aromatic N) is 6. The quantitative estimate of drug-likeness (QED) is 0.674. The van der Waals surface area contributed by atoms with Crippen molar-refractivity contribution in [1.29, 1.82) is 0 Å². The highest BCUT2D eigenvalue weighted by atomic mass is 35.5. The number of rotatable bonds is 3. The topological polar surface area (TPSA) is 67.2 Å². The van der Waals surface area contributed by atoms with Crippen LogP contribution in [0.4, 0.5) is 20.7 Å². The summed E-state index contributed by atoms with van der Waals surface area (Å²) >= 11 is 0. The molecule has 28 heavy (non-hydrogen) atoms. The van der Waals surface area contributed by atoms with Crippen LogP contribution in [0.5, 0.6) is 0 Å². The predicted octanol–water partition coefficient (Wildman–Crippen LogP) is 3.30. The van der Waals surface area contributed by atoms with Crippen LogP contribution >= 0.6 is 12.4 Å². The Morgan fingerprint density at radius 2 is 2.07 bits per heavy atom. The van der Waals surface area contributed by atoms with Crippen LogP contribution in [0.1, 0.15) is 12.1 Å². The van der Waals surface area contributed by atoms with Crippen LogP contribution < -0.4 is 9.80 Å². The lowest BCUT2D eigenvalue weighted by Gasteiger charge is -2.16. The number of pyridine rings is 2. The number of amides is 1. The van der Waals surface area contributed by atoms with Crippen LogP contribution in [0.15, 0.2) is 48.9 Å². The highest BCUT2D eigenvalue weighted by molar-refractivity contribution is 5.96. The molecule has 3 aromatic heterocycles. The lowest BCUT2D eigenvalue weighted by Crippen LogP contribution is -2.26. The van der Waals surface area contributed by atoms with Crippen LogP contribution in [-0.2, 0) is 6.54 Å². The van der Waals surface area contributed by atoms with Crippen molar-refractivity contribution >= 4 is 29.9 Å². The third-order valence-corrected chi connectivity index (χ3v) is 4.97. The van der Waals surface area contributed by atoms with E-state index in [9.17, 15) is 9.18 Å². The van der Waals surface area contributed by atoms with Gasteiger partial charge in [-0.3, -0.25) is 9.88 Å². The number of anilines is 2. The molecular formula is C19H18ClFN6O. The van der Waals surface area contributed by atoms with E-state index in [4.69, 9.17) is 0 Å². The summed E-state index contributed by atoms with van der Waals surface area (Å²) < 4.78 is 14.8. The fraction of sp³-hybridized carbons (Fsp3) is 0.263. The number of hydrogen-bond acceptors (Lipinski definition) is 5. The van der Waals surface area contributed by atoms with Gasteiger partial charge in [0.05, 0.1) is 36.4 Å². The second kappa shape index (κ2) is 7.20. The Balaban J connectivity index is 0.00000192. The van der Waals surface area contributed by atoms with E-state index in [0.717, 1.165) is 22.8 Å². The molecule has 0 aliphatic carbocycles. The summed E-state index contributed by atoms with van der Waals surface area (Å²) in [7, 11) is 0. The van der Waals surface area contributed by atoms with E-state index in [1.807, 2.05) is 29.2 Å². The maximum absolute atomic E-state index is 13.4. The van der Waals surface area contributed by atoms with E-state index in [0.29, 0.717) is 31.7 Å². The summed E-state index contributed by atoms with van der Waals surface area (Å²) in [6.07, 6.45) is 4.83. The Bertz CT molecular complexity index is 993. The summed E-state index contributed by atoms with van der Waals surface area (Å²) in [6.45, 7) is 1.53. The lowest BCUT2D eigenvalue weighted by molar-refractivity contribution is 0.248. The predicted molar refractivity (Wildman–Crippen MR) is 106 cm³/mol. The standard InChI is InChI=1S/C19H17FN6O.ClH/c20-14-5-7-24(11-14)18-4-3-13(9-22-18)17-8-16-12-25(19(27)26(16)23-17)15-2-1-6-21-10-15;/h1-4,6,8-10,14H,5,7,11-12H2;1H. The molecule has 1 unspecified atom stereocenters. The van der Waals surface area contributed by atoms with E-state index in [1.165, 1.54) is 4.68 Å². The minimum atomic E-state index is -0.781. The smallest absolute Gasteiger partial charge is 0.349 e. The van der Waals surface area contributed by atoms with Crippen molar-refractivity contribution in [2.45, 2.75) is 19.1 Å². The number of fused-ring (bicyclic) bond motifs is 1. The first-order valence-electron chi connectivity index (χ1n) is 8.85. The van der Waals surface area contributed by atoms with Gasteiger partial charge in [-0.25, -0.2) is 14.2 Å². The third kappa shape index (κ3) is 3.09. The van der Waals surface area contributed by atoms with Gasteiger partial charge in [0.15, 0.2) is 0 Å². The largest absolute Gasteiger partial charge is 0.354 e. The molecule has 9 heteroatoms. The molecule has 0 N–H and O–H groups in total. The summed E-state index contributed by atoms with van der Waals surface area (Å²) in [6, 6.07) is 9.14. The van der Waals surface area contributed by atoms with Crippen LogP contribution in [-0.4, -0.2) is 45.0 Å². The van der Waals surface area contributed by atoms with Crippen LogP contribution in [0.25, 0.3) is 11.3 Å². The summed E-state index contributed by atoms with van der Waals surface area (Å²) in [5, 5.41) is 4.45. The van der Waals surface area contributed by atoms with Gasteiger partial charge in [-0.15, -0.1) is 12.4 Å².